The number of aliphatic carboxylic acids is 1. The zero-order valence-electron chi connectivity index (χ0n) is 22.8. The number of dihydropyridines is 1. The molecule has 8 nitrogen and oxygen atoms in total. The van der Waals surface area contributed by atoms with Gasteiger partial charge in [-0.2, -0.15) is 4.98 Å². The van der Waals surface area contributed by atoms with Crippen LogP contribution in [-0.4, -0.2) is 53.1 Å². The first-order valence-corrected chi connectivity index (χ1v) is 13.7. The summed E-state index contributed by atoms with van der Waals surface area (Å²) in [6.45, 7) is 7.35. The molecule has 8 heteroatoms. The summed E-state index contributed by atoms with van der Waals surface area (Å²) in [5.41, 5.74) is 6.63. The molecule has 6 rings (SSSR count). The van der Waals surface area contributed by atoms with Crippen LogP contribution >= 0.6 is 0 Å². The maximum Gasteiger partial charge on any atom is 0.319 e. The largest absolute Gasteiger partial charge is 0.497 e. The molecule has 0 radical (unpaired) electrons. The SMILES string of the molecule is CCOc1ncc(-c2ccc3c(C4=CC=C5OCCC6=CC=NC4C65)c(CC(=O)O)c(C)cc3c2)c(OCC)n1. The molecule has 1 fully saturated rings. The minimum absolute atomic E-state index is 0.0426. The summed E-state index contributed by atoms with van der Waals surface area (Å²) in [6, 6.07) is 8.31. The van der Waals surface area contributed by atoms with E-state index in [1.165, 1.54) is 5.57 Å². The van der Waals surface area contributed by atoms with Crippen LogP contribution in [-0.2, 0) is 16.0 Å². The Morgan fingerprint density at radius 2 is 1.98 bits per heavy atom. The van der Waals surface area contributed by atoms with E-state index < -0.39 is 5.97 Å². The van der Waals surface area contributed by atoms with E-state index in [1.807, 2.05) is 39.1 Å². The third kappa shape index (κ3) is 4.53. The summed E-state index contributed by atoms with van der Waals surface area (Å²) in [7, 11) is 0. The predicted octanol–water partition coefficient (Wildman–Crippen LogP) is 5.73. The highest BCUT2D eigenvalue weighted by Gasteiger charge is 2.39. The topological polar surface area (TPSA) is 103 Å². The molecule has 1 aromatic heterocycles. The molecule has 2 aliphatic heterocycles. The second kappa shape index (κ2) is 10.6. The second-order valence-corrected chi connectivity index (χ2v) is 10.0. The number of nitrogens with zero attached hydrogens (tertiary/aromatic N) is 3. The van der Waals surface area contributed by atoms with Crippen molar-refractivity contribution < 1.29 is 24.1 Å². The summed E-state index contributed by atoms with van der Waals surface area (Å²) in [5.74, 6) is 0.567. The first-order chi connectivity index (χ1) is 19.5. The lowest BCUT2D eigenvalue weighted by atomic mass is 9.74. The van der Waals surface area contributed by atoms with Gasteiger partial charge in [-0.05, 0) is 77.6 Å². The Morgan fingerprint density at radius 3 is 2.77 bits per heavy atom. The standard InChI is InChI=1S/C32H31N3O5/c1-4-38-31-25(17-34-32(35-31)39-5-2)20-6-7-22-21(15-20)14-18(3)24(16-27(36)37)29(22)23-8-9-26-28-19(11-13-40-26)10-12-33-30(23)28/h6-10,12,14-15,17,28,30H,4-5,11,13,16H2,1-3H3,(H,36,37). The van der Waals surface area contributed by atoms with Gasteiger partial charge in [-0.25, -0.2) is 4.98 Å². The lowest BCUT2D eigenvalue weighted by Crippen LogP contribution is -2.33. The van der Waals surface area contributed by atoms with Crippen LogP contribution in [0.15, 0.2) is 65.0 Å². The molecular formula is C32H31N3O5. The lowest BCUT2D eigenvalue weighted by Gasteiger charge is -2.38. The third-order valence-corrected chi connectivity index (χ3v) is 7.65. The van der Waals surface area contributed by atoms with Crippen molar-refractivity contribution in [1.29, 1.82) is 0 Å². The van der Waals surface area contributed by atoms with E-state index in [9.17, 15) is 9.90 Å². The quantitative estimate of drug-likeness (QED) is 0.392. The van der Waals surface area contributed by atoms with Crippen molar-refractivity contribution >= 4 is 28.5 Å². The van der Waals surface area contributed by atoms with Gasteiger partial charge in [0.25, 0.3) is 0 Å². The van der Waals surface area contributed by atoms with E-state index in [-0.39, 0.29) is 24.4 Å². The summed E-state index contributed by atoms with van der Waals surface area (Å²) in [6.07, 6.45) is 10.6. The molecule has 2 aromatic carbocycles. The van der Waals surface area contributed by atoms with Crippen molar-refractivity contribution in [2.24, 2.45) is 10.9 Å². The zero-order chi connectivity index (χ0) is 27.8. The Hall–Kier alpha value is -4.46. The van der Waals surface area contributed by atoms with Gasteiger partial charge in [-0.15, -0.1) is 0 Å². The number of fused-ring (bicyclic) bond motifs is 1. The maximum absolute atomic E-state index is 12.0. The number of ether oxygens (including phenoxy) is 3. The molecule has 3 heterocycles. The van der Waals surface area contributed by atoms with E-state index in [2.05, 4.69) is 40.3 Å². The van der Waals surface area contributed by atoms with Gasteiger partial charge in [0.05, 0.1) is 43.8 Å². The van der Waals surface area contributed by atoms with E-state index in [0.717, 1.165) is 56.3 Å². The van der Waals surface area contributed by atoms with E-state index >= 15 is 0 Å². The van der Waals surface area contributed by atoms with Gasteiger partial charge in [0, 0.05) is 18.8 Å². The molecule has 0 spiro atoms. The van der Waals surface area contributed by atoms with Gasteiger partial charge in [0.1, 0.15) is 5.76 Å². The Kier molecular flexibility index (Phi) is 6.84. The van der Waals surface area contributed by atoms with Gasteiger partial charge in [0.2, 0.25) is 5.88 Å². The summed E-state index contributed by atoms with van der Waals surface area (Å²) >= 11 is 0. The minimum Gasteiger partial charge on any atom is -0.497 e. The van der Waals surface area contributed by atoms with E-state index in [0.29, 0.717) is 25.7 Å². The number of carboxylic acid groups (broad SMARTS) is 1. The van der Waals surface area contributed by atoms with Gasteiger partial charge in [0.15, 0.2) is 0 Å². The highest BCUT2D eigenvalue weighted by atomic mass is 16.5. The van der Waals surface area contributed by atoms with Crippen molar-refractivity contribution in [2.45, 2.75) is 39.7 Å². The van der Waals surface area contributed by atoms with Gasteiger partial charge in [-0.1, -0.05) is 29.8 Å². The number of aryl methyl sites for hydroxylation is 1. The van der Waals surface area contributed by atoms with Crippen molar-refractivity contribution in [3.05, 3.63) is 76.7 Å². The summed E-state index contributed by atoms with van der Waals surface area (Å²) in [5, 5.41) is 11.8. The fourth-order valence-electron chi connectivity index (χ4n) is 5.95. The van der Waals surface area contributed by atoms with Gasteiger partial charge >= 0.3 is 12.0 Å². The number of aliphatic imine (C=N–C) groups is 1. The Bertz CT molecular complexity index is 1640. The lowest BCUT2D eigenvalue weighted by molar-refractivity contribution is -0.136. The molecular weight excluding hydrogens is 506 g/mol. The molecule has 0 bridgehead atoms. The molecule has 1 N–H and O–H groups in total. The van der Waals surface area contributed by atoms with Crippen molar-refractivity contribution in [2.75, 3.05) is 19.8 Å². The van der Waals surface area contributed by atoms with Gasteiger partial charge in [-0.3, -0.25) is 9.79 Å². The Labute approximate surface area is 232 Å². The number of hydrogen-bond acceptors (Lipinski definition) is 7. The minimum atomic E-state index is -0.866. The van der Waals surface area contributed by atoms with Crippen molar-refractivity contribution in [1.82, 2.24) is 9.97 Å². The number of aromatic nitrogens is 2. The first-order valence-electron chi connectivity index (χ1n) is 13.7. The molecule has 204 valence electrons. The molecule has 3 aliphatic rings. The number of carbonyl (C=O) groups is 1. The van der Waals surface area contributed by atoms with Gasteiger partial charge < -0.3 is 19.3 Å². The number of benzene rings is 2. The molecule has 2 unspecified atom stereocenters. The number of allylic oxidation sites excluding steroid dienone is 3. The fraction of sp³-hybridized carbons (Fsp3) is 0.312. The summed E-state index contributed by atoms with van der Waals surface area (Å²) < 4.78 is 17.3. The monoisotopic (exact) mass is 537 g/mol. The molecule has 0 saturated carbocycles. The molecule has 1 aliphatic carbocycles. The smallest absolute Gasteiger partial charge is 0.319 e. The van der Waals surface area contributed by atoms with Crippen LogP contribution in [0.25, 0.3) is 27.5 Å². The van der Waals surface area contributed by atoms with Crippen LogP contribution in [0.1, 0.15) is 37.0 Å². The van der Waals surface area contributed by atoms with Crippen LogP contribution in [0.3, 0.4) is 0 Å². The van der Waals surface area contributed by atoms with Crippen LogP contribution < -0.4 is 9.47 Å². The molecule has 40 heavy (non-hydrogen) atoms. The highest BCUT2D eigenvalue weighted by Crippen LogP contribution is 2.46. The number of hydrogen-bond donors (Lipinski definition) is 1. The van der Waals surface area contributed by atoms with Crippen LogP contribution in [0, 0.1) is 12.8 Å². The van der Waals surface area contributed by atoms with Crippen molar-refractivity contribution in [3.8, 4) is 23.0 Å². The second-order valence-electron chi connectivity index (χ2n) is 10.0. The normalized spacial score (nSPS) is 19.2. The Balaban J connectivity index is 1.53. The highest BCUT2D eigenvalue weighted by molar-refractivity contribution is 6.01. The number of rotatable bonds is 8. The Morgan fingerprint density at radius 1 is 1.12 bits per heavy atom. The van der Waals surface area contributed by atoms with Crippen LogP contribution in [0.5, 0.6) is 11.9 Å². The zero-order valence-corrected chi connectivity index (χ0v) is 22.8. The fourth-order valence-corrected chi connectivity index (χ4v) is 5.95. The van der Waals surface area contributed by atoms with Crippen LogP contribution in [0.4, 0.5) is 0 Å². The predicted molar refractivity (Wildman–Crippen MR) is 154 cm³/mol. The molecule has 3 aromatic rings. The molecule has 2 atom stereocenters. The molecule has 1 saturated heterocycles. The number of carboxylic acids is 1. The third-order valence-electron chi connectivity index (χ3n) is 7.65. The van der Waals surface area contributed by atoms with E-state index in [4.69, 9.17) is 19.2 Å². The maximum atomic E-state index is 12.0. The first kappa shape index (κ1) is 25.8. The van der Waals surface area contributed by atoms with Crippen LogP contribution in [0.2, 0.25) is 0 Å². The summed E-state index contributed by atoms with van der Waals surface area (Å²) in [4.78, 5) is 25.7. The average Bonchev–Trinajstić information content (AvgIpc) is 2.94. The molecule has 0 amide bonds. The average molecular weight is 538 g/mol. The van der Waals surface area contributed by atoms with E-state index in [1.54, 1.807) is 6.20 Å². The van der Waals surface area contributed by atoms with Crippen molar-refractivity contribution in [3.63, 3.8) is 0 Å².